The lowest BCUT2D eigenvalue weighted by molar-refractivity contribution is -0.154. The summed E-state index contributed by atoms with van der Waals surface area (Å²) in [4.78, 5) is 54.0. The molecule has 2 heterocycles. The second-order valence-electron chi connectivity index (χ2n) is 12.1. The summed E-state index contributed by atoms with van der Waals surface area (Å²) in [5.41, 5.74) is 2.16. The highest BCUT2D eigenvalue weighted by Gasteiger charge is 2.49. The Morgan fingerprint density at radius 2 is 1.22 bits per heavy atom. The Bertz CT molecular complexity index is 1180. The number of nitrogens with zero attached hydrogens (tertiary/aromatic N) is 1. The molecule has 4 rings (SSSR count). The first-order valence-electron chi connectivity index (χ1n) is 15.5. The van der Waals surface area contributed by atoms with Crippen LogP contribution in [0.2, 0.25) is 0 Å². The second-order valence-corrected chi connectivity index (χ2v) is 12.1. The molecule has 0 saturated carbocycles. The van der Waals surface area contributed by atoms with Gasteiger partial charge in [0.05, 0.1) is 23.7 Å². The number of hydrogen-bond acceptors (Lipinski definition) is 5. The number of hydrogen-bond donors (Lipinski definition) is 0. The van der Waals surface area contributed by atoms with Crippen LogP contribution < -0.4 is 0 Å². The summed E-state index contributed by atoms with van der Waals surface area (Å²) in [6.45, 7) is 6.51. The van der Waals surface area contributed by atoms with Gasteiger partial charge in [0.15, 0.2) is 0 Å². The highest BCUT2D eigenvalue weighted by molar-refractivity contribution is 6.05. The third kappa shape index (κ3) is 7.52. The van der Waals surface area contributed by atoms with Gasteiger partial charge < -0.3 is 4.74 Å². The number of unbranched alkanes of at least 4 members (excludes halogenated alkanes) is 5. The lowest BCUT2D eigenvalue weighted by atomic mass is 9.75. The highest BCUT2D eigenvalue weighted by atomic mass is 16.6. The van der Waals surface area contributed by atoms with Crippen molar-refractivity contribution in [1.29, 1.82) is 0 Å². The van der Waals surface area contributed by atoms with Crippen molar-refractivity contribution in [3.05, 3.63) is 71.8 Å². The van der Waals surface area contributed by atoms with Crippen molar-refractivity contribution >= 4 is 23.8 Å². The first-order chi connectivity index (χ1) is 19.8. The van der Waals surface area contributed by atoms with E-state index in [0.29, 0.717) is 25.8 Å². The molecule has 0 bridgehead atoms. The summed E-state index contributed by atoms with van der Waals surface area (Å²) in [5, 5.41) is 0. The molecule has 2 aromatic carbocycles. The Balaban J connectivity index is 1.57. The molecule has 2 aromatic rings. The number of carbonyl (C=O) groups is 4. The summed E-state index contributed by atoms with van der Waals surface area (Å²) >= 11 is 0. The normalized spacial score (nSPS) is 24.1. The molecule has 6 unspecified atom stereocenters. The van der Waals surface area contributed by atoms with Crippen molar-refractivity contribution in [2.24, 2.45) is 23.7 Å². The average Bonchev–Trinajstić information content (AvgIpc) is 3.35. The molecule has 2 amide bonds. The monoisotopic (exact) mass is 559 g/mol. The van der Waals surface area contributed by atoms with Crippen LogP contribution in [0.25, 0.3) is 0 Å². The molecule has 0 aromatic heterocycles. The van der Waals surface area contributed by atoms with Gasteiger partial charge in [-0.3, -0.25) is 24.1 Å². The van der Waals surface area contributed by atoms with Crippen molar-refractivity contribution in [3.8, 4) is 0 Å². The minimum atomic E-state index is -0.555. The predicted molar refractivity (Wildman–Crippen MR) is 159 cm³/mol. The maximum Gasteiger partial charge on any atom is 0.317 e. The van der Waals surface area contributed by atoms with Gasteiger partial charge in [0.2, 0.25) is 11.8 Å². The maximum atomic E-state index is 14.0. The first kappa shape index (κ1) is 30.7. The number of carbonyl (C=O) groups excluding carboxylic acids is 4. The van der Waals surface area contributed by atoms with Crippen LogP contribution in [0.4, 0.5) is 0 Å². The van der Waals surface area contributed by atoms with E-state index in [0.717, 1.165) is 30.4 Å². The van der Waals surface area contributed by atoms with Gasteiger partial charge in [-0.05, 0) is 48.6 Å². The molecule has 41 heavy (non-hydrogen) atoms. The Labute approximate surface area is 244 Å². The van der Waals surface area contributed by atoms with Crippen LogP contribution >= 0.6 is 0 Å². The number of imide groups is 1. The fraction of sp³-hybridized carbons (Fsp3) is 0.543. The van der Waals surface area contributed by atoms with Crippen molar-refractivity contribution in [2.75, 3.05) is 6.54 Å². The van der Waals surface area contributed by atoms with Crippen molar-refractivity contribution < 1.29 is 23.9 Å². The number of esters is 2. The average molecular weight is 560 g/mol. The largest absolute Gasteiger partial charge is 0.393 e. The third-order valence-corrected chi connectivity index (χ3v) is 9.19. The van der Waals surface area contributed by atoms with Gasteiger partial charge in [-0.25, -0.2) is 0 Å². The van der Waals surface area contributed by atoms with Crippen LogP contribution in [0.3, 0.4) is 0 Å². The van der Waals surface area contributed by atoms with Gasteiger partial charge in [-0.2, -0.15) is 0 Å². The minimum absolute atomic E-state index is 0.0630. The van der Waals surface area contributed by atoms with Crippen molar-refractivity contribution in [2.45, 2.75) is 90.4 Å². The van der Waals surface area contributed by atoms with Crippen LogP contribution in [0.1, 0.15) is 102 Å². The molecule has 0 spiro atoms. The van der Waals surface area contributed by atoms with Crippen LogP contribution in [0.15, 0.2) is 60.7 Å². The van der Waals surface area contributed by atoms with Gasteiger partial charge in [0.1, 0.15) is 0 Å². The Kier molecular flexibility index (Phi) is 10.9. The number of amides is 2. The zero-order chi connectivity index (χ0) is 29.4. The molecule has 220 valence electrons. The van der Waals surface area contributed by atoms with Crippen LogP contribution in [-0.2, 0) is 23.9 Å². The maximum absolute atomic E-state index is 14.0. The summed E-state index contributed by atoms with van der Waals surface area (Å²) in [6.07, 6.45) is 7.98. The fourth-order valence-electron chi connectivity index (χ4n) is 6.60. The molecule has 2 saturated heterocycles. The van der Waals surface area contributed by atoms with Gasteiger partial charge in [0, 0.05) is 6.54 Å². The standard InChI is InChI=1S/C35H45NO5/c1-4-5-6-7-8-15-20-36-32(37)30(21-24(2)26-16-11-9-12-17-26)31(33(36)38)23-28(27-18-13-10-14-19-27)22-29-25(3)34(39)41-35(29)40/h9-14,16-19,24-25,28-31H,4-8,15,20-23H2,1-3H3. The molecular formula is C35H45NO5. The molecule has 2 aliphatic rings. The fourth-order valence-corrected chi connectivity index (χ4v) is 6.60. The zero-order valence-corrected chi connectivity index (χ0v) is 24.8. The van der Waals surface area contributed by atoms with Gasteiger partial charge in [-0.1, -0.05) is 114 Å². The molecule has 2 fully saturated rings. The van der Waals surface area contributed by atoms with E-state index < -0.39 is 35.6 Å². The van der Waals surface area contributed by atoms with Gasteiger partial charge >= 0.3 is 11.9 Å². The van der Waals surface area contributed by atoms with Crippen molar-refractivity contribution in [1.82, 2.24) is 4.90 Å². The van der Waals surface area contributed by atoms with Crippen LogP contribution in [0, 0.1) is 23.7 Å². The minimum Gasteiger partial charge on any atom is -0.393 e. The second kappa shape index (κ2) is 14.6. The Morgan fingerprint density at radius 3 is 1.80 bits per heavy atom. The molecular weight excluding hydrogens is 514 g/mol. The van der Waals surface area contributed by atoms with E-state index in [1.807, 2.05) is 48.5 Å². The van der Waals surface area contributed by atoms with Crippen LogP contribution in [0.5, 0.6) is 0 Å². The number of benzene rings is 2. The smallest absolute Gasteiger partial charge is 0.317 e. The summed E-state index contributed by atoms with van der Waals surface area (Å²) in [6, 6.07) is 20.0. The SMILES string of the molecule is CCCCCCCCN1C(=O)C(CC(C)c2ccccc2)C(CC(CC2C(=O)OC(=O)C2C)c2ccccc2)C1=O. The van der Waals surface area contributed by atoms with E-state index in [-0.39, 0.29) is 23.7 Å². The molecule has 0 N–H and O–H groups in total. The summed E-state index contributed by atoms with van der Waals surface area (Å²) in [7, 11) is 0. The lowest BCUT2D eigenvalue weighted by Crippen LogP contribution is -2.32. The van der Waals surface area contributed by atoms with E-state index in [1.165, 1.54) is 24.2 Å². The number of likely N-dealkylation sites (tertiary alicyclic amines) is 1. The molecule has 6 atom stereocenters. The Hall–Kier alpha value is -3.28. The van der Waals surface area contributed by atoms with E-state index in [2.05, 4.69) is 26.0 Å². The van der Waals surface area contributed by atoms with Crippen LogP contribution in [-0.4, -0.2) is 35.2 Å². The van der Waals surface area contributed by atoms with Crippen molar-refractivity contribution in [3.63, 3.8) is 0 Å². The lowest BCUT2D eigenvalue weighted by Gasteiger charge is -2.26. The third-order valence-electron chi connectivity index (χ3n) is 9.19. The summed E-state index contributed by atoms with van der Waals surface area (Å²) in [5.74, 6) is -3.14. The van der Waals surface area contributed by atoms with Gasteiger partial charge in [0.25, 0.3) is 0 Å². The number of cyclic esters (lactones) is 2. The molecule has 2 aliphatic heterocycles. The van der Waals surface area contributed by atoms with E-state index in [1.54, 1.807) is 6.92 Å². The van der Waals surface area contributed by atoms with Gasteiger partial charge in [-0.15, -0.1) is 0 Å². The first-order valence-corrected chi connectivity index (χ1v) is 15.5. The topological polar surface area (TPSA) is 80.8 Å². The predicted octanol–water partition coefficient (Wildman–Crippen LogP) is 7.04. The number of rotatable bonds is 15. The molecule has 0 aliphatic carbocycles. The number of ether oxygens (including phenoxy) is 1. The summed E-state index contributed by atoms with van der Waals surface area (Å²) < 4.78 is 4.94. The quantitative estimate of drug-likeness (QED) is 0.101. The highest BCUT2D eigenvalue weighted by Crippen LogP contribution is 2.43. The molecule has 6 nitrogen and oxygen atoms in total. The van der Waals surface area contributed by atoms with E-state index in [9.17, 15) is 19.2 Å². The molecule has 0 radical (unpaired) electrons. The van der Waals surface area contributed by atoms with E-state index in [4.69, 9.17) is 4.74 Å². The van der Waals surface area contributed by atoms with E-state index >= 15 is 0 Å². The molecule has 6 heteroatoms. The Morgan fingerprint density at radius 1 is 0.683 bits per heavy atom. The zero-order valence-electron chi connectivity index (χ0n) is 24.8.